The molecule has 0 N–H and O–H groups in total. The number of ether oxygens (including phenoxy) is 1. The zero-order valence-corrected chi connectivity index (χ0v) is 21.1. The highest BCUT2D eigenvalue weighted by atomic mass is 32.1. The summed E-state index contributed by atoms with van der Waals surface area (Å²) in [6.45, 7) is 3.06. The first-order chi connectivity index (χ1) is 16.9. The van der Waals surface area contributed by atoms with E-state index in [2.05, 4.69) is 14.9 Å². The number of hydrogen-bond acceptors (Lipinski definition) is 9. The predicted molar refractivity (Wildman–Crippen MR) is 139 cm³/mol. The van der Waals surface area contributed by atoms with Crippen LogP contribution in [0, 0.1) is 0 Å². The number of likely N-dealkylation sites (N-methyl/N-ethyl adjacent to an activating group) is 1. The summed E-state index contributed by atoms with van der Waals surface area (Å²) < 4.78 is 5.90. The number of aromatic nitrogens is 2. The van der Waals surface area contributed by atoms with Gasteiger partial charge in [-0.25, -0.2) is 15.0 Å². The van der Waals surface area contributed by atoms with Crippen LogP contribution < -0.4 is 9.75 Å². The molecule has 0 saturated carbocycles. The lowest BCUT2D eigenvalue weighted by atomic mass is 10.2. The molecule has 0 aliphatic carbocycles. The van der Waals surface area contributed by atoms with E-state index in [4.69, 9.17) is 4.74 Å². The van der Waals surface area contributed by atoms with Crippen LogP contribution in [-0.2, 0) is 9.59 Å². The number of anilines is 2. The summed E-state index contributed by atoms with van der Waals surface area (Å²) in [6.07, 6.45) is 2.81. The van der Waals surface area contributed by atoms with Crippen molar-refractivity contribution in [1.82, 2.24) is 19.9 Å². The van der Waals surface area contributed by atoms with Crippen LogP contribution in [0.3, 0.4) is 0 Å². The van der Waals surface area contributed by atoms with E-state index in [9.17, 15) is 9.59 Å². The topological polar surface area (TPSA) is 78.9 Å². The van der Waals surface area contributed by atoms with Crippen molar-refractivity contribution in [3.63, 3.8) is 0 Å². The number of thiophene rings is 2. The number of hydrazine groups is 1. The normalized spacial score (nSPS) is 13.7. The second-order valence-corrected chi connectivity index (χ2v) is 10.2. The van der Waals surface area contributed by atoms with E-state index in [1.807, 2.05) is 61.9 Å². The summed E-state index contributed by atoms with van der Waals surface area (Å²) in [7, 11) is 4.01. The molecule has 0 unspecified atom stereocenters. The summed E-state index contributed by atoms with van der Waals surface area (Å²) in [4.78, 5) is 38.5. The predicted octanol–water partition coefficient (Wildman–Crippen LogP) is 4.73. The number of carbonyl (C=O) groups excluding carboxylic acids is 2. The fourth-order valence-corrected chi connectivity index (χ4v) is 5.41. The van der Waals surface area contributed by atoms with Gasteiger partial charge in [0, 0.05) is 23.1 Å². The van der Waals surface area contributed by atoms with Crippen LogP contribution in [-0.4, -0.2) is 58.9 Å². The number of hydrogen-bond donors (Lipinski definition) is 0. The van der Waals surface area contributed by atoms with E-state index in [0.717, 1.165) is 38.0 Å². The number of rotatable bonds is 8. The largest absolute Gasteiger partial charge is 0.492 e. The number of amides is 2. The maximum Gasteiger partial charge on any atom is 0.276 e. The molecule has 3 aromatic heterocycles. The van der Waals surface area contributed by atoms with Gasteiger partial charge in [-0.2, -0.15) is 5.01 Å². The third kappa shape index (κ3) is 4.55. The molecule has 0 bridgehead atoms. The van der Waals surface area contributed by atoms with Crippen LogP contribution in [0.1, 0.15) is 6.92 Å². The lowest BCUT2D eigenvalue weighted by Crippen LogP contribution is -2.44. The molecule has 4 heterocycles. The Morgan fingerprint density at radius 1 is 1.09 bits per heavy atom. The minimum Gasteiger partial charge on any atom is -0.492 e. The molecule has 0 fully saturated rings. The summed E-state index contributed by atoms with van der Waals surface area (Å²) >= 11 is 2.94. The van der Waals surface area contributed by atoms with Crippen LogP contribution in [0.25, 0.3) is 20.7 Å². The quantitative estimate of drug-likeness (QED) is 0.320. The Balaban J connectivity index is 1.53. The van der Waals surface area contributed by atoms with Gasteiger partial charge in [-0.05, 0) is 62.3 Å². The van der Waals surface area contributed by atoms with Crippen LogP contribution >= 0.6 is 22.7 Å². The lowest BCUT2D eigenvalue weighted by Gasteiger charge is -2.30. The molecule has 2 amide bonds. The van der Waals surface area contributed by atoms with Gasteiger partial charge < -0.3 is 9.64 Å². The number of carbonyl (C=O) groups is 2. The second kappa shape index (κ2) is 9.57. The zero-order chi connectivity index (χ0) is 24.5. The number of fused-ring (bicyclic) bond motifs is 1. The standard InChI is InChI=1S/C25H23N5O3S2/c1-16-13-21(31)29(25(16)32)30(23-19-9-12-34-24(19)27-15-26-23)22-8-7-20(35-22)17-5-4-6-18(14-17)33-11-10-28(2)3/h4-9,12-15H,10-11H2,1-3H3. The third-order valence-electron chi connectivity index (χ3n) is 5.45. The highest BCUT2D eigenvalue weighted by Gasteiger charge is 2.37. The first kappa shape index (κ1) is 23.2. The van der Waals surface area contributed by atoms with Gasteiger partial charge in [0.25, 0.3) is 11.8 Å². The molecule has 8 nitrogen and oxygen atoms in total. The Labute approximate surface area is 210 Å². The molecule has 178 valence electrons. The van der Waals surface area contributed by atoms with E-state index in [0.29, 0.717) is 23.0 Å². The van der Waals surface area contributed by atoms with Crippen LogP contribution in [0.15, 0.2) is 65.8 Å². The molecule has 0 spiro atoms. The molecule has 1 aromatic carbocycles. The van der Waals surface area contributed by atoms with Crippen molar-refractivity contribution >= 4 is 55.5 Å². The zero-order valence-electron chi connectivity index (χ0n) is 19.5. The van der Waals surface area contributed by atoms with E-state index in [1.54, 1.807) is 11.9 Å². The van der Waals surface area contributed by atoms with Gasteiger partial charge in [-0.3, -0.25) is 9.59 Å². The molecule has 1 aliphatic rings. The second-order valence-electron chi connectivity index (χ2n) is 8.25. The van der Waals surface area contributed by atoms with Crippen LogP contribution in [0.4, 0.5) is 10.8 Å². The number of nitrogens with zero attached hydrogens (tertiary/aromatic N) is 5. The van der Waals surface area contributed by atoms with Gasteiger partial charge in [0.2, 0.25) is 0 Å². The van der Waals surface area contributed by atoms with Gasteiger partial charge >= 0.3 is 0 Å². The average Bonchev–Trinajstić information content (AvgIpc) is 3.56. The summed E-state index contributed by atoms with van der Waals surface area (Å²) in [5.41, 5.74) is 1.37. The lowest BCUT2D eigenvalue weighted by molar-refractivity contribution is -0.137. The Bertz CT molecular complexity index is 1440. The molecule has 5 rings (SSSR count). The Hall–Kier alpha value is -3.60. The Morgan fingerprint density at radius 2 is 1.94 bits per heavy atom. The summed E-state index contributed by atoms with van der Waals surface area (Å²) in [5.74, 6) is 0.496. The van der Waals surface area contributed by atoms with E-state index < -0.39 is 5.91 Å². The van der Waals surface area contributed by atoms with Gasteiger partial charge in [-0.15, -0.1) is 22.7 Å². The third-order valence-corrected chi connectivity index (χ3v) is 7.38. The summed E-state index contributed by atoms with van der Waals surface area (Å²) in [6, 6.07) is 13.7. The Kier molecular flexibility index (Phi) is 6.33. The van der Waals surface area contributed by atoms with Crippen molar-refractivity contribution < 1.29 is 14.3 Å². The molecule has 0 saturated heterocycles. The molecular formula is C25H23N5O3S2. The molecule has 10 heteroatoms. The van der Waals surface area contributed by atoms with Gasteiger partial charge in [0.1, 0.15) is 28.5 Å². The molecule has 4 aromatic rings. The van der Waals surface area contributed by atoms with Crippen molar-refractivity contribution in [1.29, 1.82) is 0 Å². The monoisotopic (exact) mass is 505 g/mol. The SMILES string of the molecule is CC1=CC(=O)N(N(c2ccc(-c3cccc(OCCN(C)C)c3)s2)c2ncnc3sccc23)C1=O. The van der Waals surface area contributed by atoms with Crippen molar-refractivity contribution in [2.75, 3.05) is 32.3 Å². The number of benzene rings is 1. The maximum atomic E-state index is 13.0. The maximum absolute atomic E-state index is 13.0. The fraction of sp³-hybridized carbons (Fsp3) is 0.200. The number of imide groups is 1. The summed E-state index contributed by atoms with van der Waals surface area (Å²) in [5, 5.41) is 6.12. The van der Waals surface area contributed by atoms with Gasteiger partial charge in [0.05, 0.1) is 5.39 Å². The first-order valence-corrected chi connectivity index (χ1v) is 12.6. The molecular weight excluding hydrogens is 482 g/mol. The van der Waals surface area contributed by atoms with Gasteiger partial charge in [-0.1, -0.05) is 12.1 Å². The first-order valence-electron chi connectivity index (χ1n) is 10.9. The van der Waals surface area contributed by atoms with Crippen molar-refractivity contribution in [3.8, 4) is 16.2 Å². The minimum atomic E-state index is -0.402. The van der Waals surface area contributed by atoms with Gasteiger partial charge in [0.15, 0.2) is 5.82 Å². The fourth-order valence-electron chi connectivity index (χ4n) is 3.69. The molecule has 0 radical (unpaired) electrons. The van der Waals surface area contributed by atoms with E-state index >= 15 is 0 Å². The van der Waals surface area contributed by atoms with Crippen molar-refractivity contribution in [2.45, 2.75) is 6.92 Å². The van der Waals surface area contributed by atoms with E-state index in [-0.39, 0.29) is 5.91 Å². The van der Waals surface area contributed by atoms with Crippen molar-refractivity contribution in [3.05, 3.63) is 65.8 Å². The molecule has 35 heavy (non-hydrogen) atoms. The minimum absolute atomic E-state index is 0.372. The molecule has 0 atom stereocenters. The highest BCUT2D eigenvalue weighted by Crippen LogP contribution is 2.41. The average molecular weight is 506 g/mol. The van der Waals surface area contributed by atoms with E-state index in [1.165, 1.54) is 35.1 Å². The Morgan fingerprint density at radius 3 is 2.71 bits per heavy atom. The van der Waals surface area contributed by atoms with Crippen LogP contribution in [0.2, 0.25) is 0 Å². The molecule has 1 aliphatic heterocycles. The smallest absolute Gasteiger partial charge is 0.276 e. The highest BCUT2D eigenvalue weighted by molar-refractivity contribution is 7.19. The van der Waals surface area contributed by atoms with Crippen LogP contribution in [0.5, 0.6) is 5.75 Å². The van der Waals surface area contributed by atoms with Crippen molar-refractivity contribution in [2.24, 2.45) is 0 Å².